The SMILES string of the molecule is CCOc1cccc(C(CC2CCS(=O)(=O)C2)NC)c1. The summed E-state index contributed by atoms with van der Waals surface area (Å²) in [7, 11) is -0.883. The molecule has 1 N–H and O–H groups in total. The molecule has 1 fully saturated rings. The Kier molecular flexibility index (Phi) is 5.05. The van der Waals surface area contributed by atoms with Crippen molar-refractivity contribution >= 4 is 9.84 Å². The fourth-order valence-corrected chi connectivity index (χ4v) is 4.68. The first-order valence-electron chi connectivity index (χ1n) is 7.14. The van der Waals surface area contributed by atoms with Crippen LogP contribution < -0.4 is 10.1 Å². The van der Waals surface area contributed by atoms with Gasteiger partial charge in [-0.05, 0) is 50.4 Å². The predicted molar refractivity (Wildman–Crippen MR) is 80.8 cm³/mol. The van der Waals surface area contributed by atoms with Crippen LogP contribution in [0.15, 0.2) is 24.3 Å². The lowest BCUT2D eigenvalue weighted by Crippen LogP contribution is -2.20. The van der Waals surface area contributed by atoms with Crippen LogP contribution in [0.2, 0.25) is 0 Å². The van der Waals surface area contributed by atoms with E-state index in [0.29, 0.717) is 18.1 Å². The summed E-state index contributed by atoms with van der Waals surface area (Å²) in [4.78, 5) is 0. The van der Waals surface area contributed by atoms with Crippen molar-refractivity contribution in [2.45, 2.75) is 25.8 Å². The average Bonchev–Trinajstić information content (AvgIpc) is 2.76. The summed E-state index contributed by atoms with van der Waals surface area (Å²) < 4.78 is 28.6. The maximum absolute atomic E-state index is 11.5. The number of benzene rings is 1. The maximum atomic E-state index is 11.5. The predicted octanol–water partition coefficient (Wildman–Crippen LogP) is 2.17. The molecule has 0 bridgehead atoms. The zero-order valence-corrected chi connectivity index (χ0v) is 12.9. The van der Waals surface area contributed by atoms with Crippen LogP contribution in [0.4, 0.5) is 0 Å². The van der Waals surface area contributed by atoms with E-state index in [-0.39, 0.29) is 12.0 Å². The number of nitrogens with one attached hydrogen (secondary N) is 1. The highest BCUT2D eigenvalue weighted by Gasteiger charge is 2.29. The normalized spacial score (nSPS) is 22.6. The minimum absolute atomic E-state index is 0.175. The van der Waals surface area contributed by atoms with Gasteiger partial charge in [-0.15, -0.1) is 0 Å². The maximum Gasteiger partial charge on any atom is 0.150 e. The fourth-order valence-electron chi connectivity index (χ4n) is 2.80. The molecule has 0 aliphatic carbocycles. The molecule has 0 amide bonds. The van der Waals surface area contributed by atoms with E-state index in [1.807, 2.05) is 32.2 Å². The molecule has 4 nitrogen and oxygen atoms in total. The number of hydrogen-bond donors (Lipinski definition) is 1. The third-order valence-corrected chi connectivity index (χ3v) is 5.65. The summed E-state index contributed by atoms with van der Waals surface area (Å²) in [5.41, 5.74) is 1.16. The van der Waals surface area contributed by atoms with Crippen LogP contribution in [0.25, 0.3) is 0 Å². The summed E-state index contributed by atoms with van der Waals surface area (Å²) in [6.07, 6.45) is 1.64. The highest BCUT2D eigenvalue weighted by molar-refractivity contribution is 7.91. The summed E-state index contributed by atoms with van der Waals surface area (Å²) in [6.45, 7) is 2.61. The smallest absolute Gasteiger partial charge is 0.150 e. The van der Waals surface area contributed by atoms with Gasteiger partial charge in [0.15, 0.2) is 9.84 Å². The van der Waals surface area contributed by atoms with Crippen molar-refractivity contribution in [3.05, 3.63) is 29.8 Å². The molecule has 1 heterocycles. The van der Waals surface area contributed by atoms with Gasteiger partial charge in [-0.3, -0.25) is 0 Å². The number of hydrogen-bond acceptors (Lipinski definition) is 4. The molecule has 1 aliphatic heterocycles. The Morgan fingerprint density at radius 1 is 1.45 bits per heavy atom. The second-order valence-electron chi connectivity index (χ2n) is 5.35. The first-order chi connectivity index (χ1) is 9.54. The summed E-state index contributed by atoms with van der Waals surface area (Å²) in [5.74, 6) is 1.79. The van der Waals surface area contributed by atoms with Gasteiger partial charge in [0.1, 0.15) is 5.75 Å². The van der Waals surface area contributed by atoms with E-state index in [2.05, 4.69) is 11.4 Å². The zero-order chi connectivity index (χ0) is 14.6. The molecular formula is C15H23NO3S. The van der Waals surface area contributed by atoms with Crippen LogP contribution in [0, 0.1) is 5.92 Å². The molecule has 20 heavy (non-hydrogen) atoms. The van der Waals surface area contributed by atoms with Gasteiger partial charge in [-0.1, -0.05) is 12.1 Å². The first kappa shape index (κ1) is 15.3. The van der Waals surface area contributed by atoms with Crippen molar-refractivity contribution < 1.29 is 13.2 Å². The van der Waals surface area contributed by atoms with Crippen molar-refractivity contribution in [2.75, 3.05) is 25.2 Å². The van der Waals surface area contributed by atoms with Gasteiger partial charge >= 0.3 is 0 Å². The molecule has 1 saturated heterocycles. The lowest BCUT2D eigenvalue weighted by Gasteiger charge is -2.20. The molecular weight excluding hydrogens is 274 g/mol. The Morgan fingerprint density at radius 3 is 2.85 bits per heavy atom. The number of ether oxygens (including phenoxy) is 1. The summed E-state index contributed by atoms with van der Waals surface area (Å²) in [5, 5.41) is 3.29. The van der Waals surface area contributed by atoms with Gasteiger partial charge in [-0.2, -0.15) is 0 Å². The van der Waals surface area contributed by atoms with Crippen LogP contribution in [0.1, 0.15) is 31.4 Å². The van der Waals surface area contributed by atoms with E-state index in [9.17, 15) is 8.42 Å². The molecule has 0 saturated carbocycles. The molecule has 1 aliphatic rings. The minimum atomic E-state index is -2.80. The van der Waals surface area contributed by atoms with Gasteiger partial charge in [0, 0.05) is 6.04 Å². The van der Waals surface area contributed by atoms with E-state index < -0.39 is 9.84 Å². The largest absolute Gasteiger partial charge is 0.494 e. The highest BCUT2D eigenvalue weighted by atomic mass is 32.2. The van der Waals surface area contributed by atoms with E-state index in [4.69, 9.17) is 4.74 Å². The van der Waals surface area contributed by atoms with E-state index in [1.54, 1.807) is 0 Å². The van der Waals surface area contributed by atoms with Gasteiger partial charge in [-0.25, -0.2) is 8.42 Å². The number of rotatable bonds is 6. The first-order valence-corrected chi connectivity index (χ1v) is 8.96. The summed E-state index contributed by atoms with van der Waals surface area (Å²) in [6, 6.07) is 8.20. The standard InChI is InChI=1S/C15H23NO3S/c1-3-19-14-6-4-5-13(10-14)15(16-2)9-12-7-8-20(17,18)11-12/h4-6,10,12,15-16H,3,7-9,11H2,1-2H3. The Bertz CT molecular complexity index is 542. The zero-order valence-electron chi connectivity index (χ0n) is 12.1. The van der Waals surface area contributed by atoms with Crippen molar-refractivity contribution in [3.8, 4) is 5.75 Å². The monoisotopic (exact) mass is 297 g/mol. The van der Waals surface area contributed by atoms with Crippen molar-refractivity contribution in [3.63, 3.8) is 0 Å². The molecule has 1 aromatic rings. The second kappa shape index (κ2) is 6.59. The molecule has 0 aromatic heterocycles. The molecule has 2 atom stereocenters. The Morgan fingerprint density at radius 2 is 2.25 bits per heavy atom. The van der Waals surface area contributed by atoms with Gasteiger partial charge in [0.25, 0.3) is 0 Å². The number of sulfone groups is 1. The lowest BCUT2D eigenvalue weighted by atomic mass is 9.94. The summed E-state index contributed by atoms with van der Waals surface area (Å²) >= 11 is 0. The van der Waals surface area contributed by atoms with Gasteiger partial charge in [0.2, 0.25) is 0 Å². The van der Waals surface area contributed by atoms with Crippen LogP contribution in [0.5, 0.6) is 5.75 Å². The van der Waals surface area contributed by atoms with Crippen molar-refractivity contribution in [2.24, 2.45) is 5.92 Å². The molecule has 112 valence electrons. The van der Waals surface area contributed by atoms with E-state index >= 15 is 0 Å². The van der Waals surface area contributed by atoms with Crippen LogP contribution >= 0.6 is 0 Å². The molecule has 1 aromatic carbocycles. The second-order valence-corrected chi connectivity index (χ2v) is 7.58. The van der Waals surface area contributed by atoms with Crippen molar-refractivity contribution in [1.82, 2.24) is 5.32 Å². The van der Waals surface area contributed by atoms with Crippen LogP contribution in [0.3, 0.4) is 0 Å². The van der Waals surface area contributed by atoms with Gasteiger partial charge in [0.05, 0.1) is 18.1 Å². The van der Waals surface area contributed by atoms with E-state index in [0.717, 1.165) is 24.2 Å². The molecule has 5 heteroatoms. The Hall–Kier alpha value is -1.07. The molecule has 2 rings (SSSR count). The van der Waals surface area contributed by atoms with Crippen LogP contribution in [-0.4, -0.2) is 33.6 Å². The van der Waals surface area contributed by atoms with Gasteiger partial charge < -0.3 is 10.1 Å². The molecule has 0 spiro atoms. The fraction of sp³-hybridized carbons (Fsp3) is 0.600. The van der Waals surface area contributed by atoms with Crippen LogP contribution in [-0.2, 0) is 9.84 Å². The van der Waals surface area contributed by atoms with Crippen molar-refractivity contribution in [1.29, 1.82) is 0 Å². The molecule has 2 unspecified atom stereocenters. The quantitative estimate of drug-likeness (QED) is 0.874. The lowest BCUT2D eigenvalue weighted by molar-refractivity contribution is 0.339. The Balaban J connectivity index is 2.06. The third-order valence-electron chi connectivity index (χ3n) is 3.82. The van der Waals surface area contributed by atoms with E-state index in [1.165, 1.54) is 0 Å². The third kappa shape index (κ3) is 3.96. The Labute approximate surface area is 121 Å². The highest BCUT2D eigenvalue weighted by Crippen LogP contribution is 2.30. The minimum Gasteiger partial charge on any atom is -0.494 e. The molecule has 0 radical (unpaired) electrons. The topological polar surface area (TPSA) is 55.4 Å². The average molecular weight is 297 g/mol.